The zero-order chi connectivity index (χ0) is 13.6. The first-order valence-electron chi connectivity index (χ1n) is 6.75. The van der Waals surface area contributed by atoms with Crippen molar-refractivity contribution in [3.05, 3.63) is 28.5 Å². The fourth-order valence-electron chi connectivity index (χ4n) is 2.02. The average Bonchev–Trinajstić information content (AvgIpc) is 2.28. The van der Waals surface area contributed by atoms with E-state index in [0.717, 1.165) is 24.0 Å². The van der Waals surface area contributed by atoms with Crippen molar-refractivity contribution in [2.45, 2.75) is 40.5 Å². The Balaban J connectivity index is 2.58. The normalized spacial score (nSPS) is 14.8. The van der Waals surface area contributed by atoms with E-state index in [2.05, 4.69) is 60.0 Å². The second kappa shape index (κ2) is 7.25. The highest BCUT2D eigenvalue weighted by atomic mass is 79.9. The van der Waals surface area contributed by atoms with E-state index in [-0.39, 0.29) is 0 Å². The standard InChI is InChI=1S/C15H25BrN2/c1-5-15(4,11-18-8-12(2)3)7-13-6-14(16)10-17-9-13/h6,9-10,12,18H,5,7-8,11H2,1-4H3. The molecule has 3 heteroatoms. The third kappa shape index (κ3) is 5.49. The molecule has 1 N–H and O–H groups in total. The molecule has 1 unspecified atom stereocenters. The summed E-state index contributed by atoms with van der Waals surface area (Å²) in [6, 6.07) is 2.17. The Morgan fingerprint density at radius 3 is 2.67 bits per heavy atom. The Kier molecular flexibility index (Phi) is 6.30. The van der Waals surface area contributed by atoms with Crippen LogP contribution < -0.4 is 5.32 Å². The molecular formula is C15H25BrN2. The molecule has 0 spiro atoms. The molecule has 1 atom stereocenters. The molecule has 0 aliphatic carbocycles. The summed E-state index contributed by atoms with van der Waals surface area (Å²) in [6.07, 6.45) is 6.05. The third-order valence-electron chi connectivity index (χ3n) is 3.35. The van der Waals surface area contributed by atoms with Crippen LogP contribution in [0.5, 0.6) is 0 Å². The summed E-state index contributed by atoms with van der Waals surface area (Å²) in [5.74, 6) is 0.707. The number of halogens is 1. The van der Waals surface area contributed by atoms with Crippen molar-refractivity contribution in [1.82, 2.24) is 10.3 Å². The Labute approximate surface area is 120 Å². The first-order valence-corrected chi connectivity index (χ1v) is 7.54. The lowest BCUT2D eigenvalue weighted by molar-refractivity contribution is 0.285. The van der Waals surface area contributed by atoms with E-state index in [4.69, 9.17) is 0 Å². The van der Waals surface area contributed by atoms with Gasteiger partial charge >= 0.3 is 0 Å². The van der Waals surface area contributed by atoms with Crippen LogP contribution in [0.15, 0.2) is 22.9 Å². The van der Waals surface area contributed by atoms with Gasteiger partial charge in [0.1, 0.15) is 0 Å². The van der Waals surface area contributed by atoms with Crippen LogP contribution in [0.2, 0.25) is 0 Å². The number of nitrogens with zero attached hydrogens (tertiary/aromatic N) is 1. The zero-order valence-electron chi connectivity index (χ0n) is 12.0. The smallest absolute Gasteiger partial charge is 0.0410 e. The lowest BCUT2D eigenvalue weighted by atomic mass is 9.81. The molecule has 18 heavy (non-hydrogen) atoms. The zero-order valence-corrected chi connectivity index (χ0v) is 13.5. The number of pyridine rings is 1. The molecule has 0 amide bonds. The van der Waals surface area contributed by atoms with Crippen molar-refractivity contribution < 1.29 is 0 Å². The van der Waals surface area contributed by atoms with Crippen molar-refractivity contribution in [3.8, 4) is 0 Å². The van der Waals surface area contributed by atoms with E-state index in [9.17, 15) is 0 Å². The Hall–Kier alpha value is -0.410. The van der Waals surface area contributed by atoms with Crippen molar-refractivity contribution in [3.63, 3.8) is 0 Å². The number of hydrogen-bond donors (Lipinski definition) is 1. The van der Waals surface area contributed by atoms with Crippen molar-refractivity contribution in [2.75, 3.05) is 13.1 Å². The van der Waals surface area contributed by atoms with Crippen LogP contribution in [-0.4, -0.2) is 18.1 Å². The van der Waals surface area contributed by atoms with Crippen molar-refractivity contribution in [1.29, 1.82) is 0 Å². The van der Waals surface area contributed by atoms with Gasteiger partial charge in [0.05, 0.1) is 0 Å². The highest BCUT2D eigenvalue weighted by molar-refractivity contribution is 9.10. The van der Waals surface area contributed by atoms with Gasteiger partial charge in [-0.25, -0.2) is 0 Å². The molecule has 1 aromatic heterocycles. The minimum absolute atomic E-state index is 0.303. The molecule has 1 aromatic rings. The maximum absolute atomic E-state index is 4.24. The Morgan fingerprint density at radius 1 is 1.39 bits per heavy atom. The molecule has 1 rings (SSSR count). The van der Waals surface area contributed by atoms with Crippen molar-refractivity contribution >= 4 is 15.9 Å². The van der Waals surface area contributed by atoms with E-state index >= 15 is 0 Å². The van der Waals surface area contributed by atoms with E-state index in [1.165, 1.54) is 12.0 Å². The quantitative estimate of drug-likeness (QED) is 0.821. The monoisotopic (exact) mass is 312 g/mol. The summed E-state index contributed by atoms with van der Waals surface area (Å²) < 4.78 is 1.06. The molecule has 0 aromatic carbocycles. The fraction of sp³-hybridized carbons (Fsp3) is 0.667. The van der Waals surface area contributed by atoms with Gasteiger partial charge in [-0.2, -0.15) is 0 Å². The van der Waals surface area contributed by atoms with Crippen LogP contribution in [0.1, 0.15) is 39.7 Å². The molecule has 0 saturated carbocycles. The molecule has 1 heterocycles. The van der Waals surface area contributed by atoms with E-state index in [1.807, 2.05) is 12.4 Å². The molecule has 0 bridgehead atoms. The predicted molar refractivity (Wildman–Crippen MR) is 81.7 cm³/mol. The van der Waals surface area contributed by atoms with E-state index in [0.29, 0.717) is 11.3 Å². The molecule has 102 valence electrons. The molecule has 2 nitrogen and oxygen atoms in total. The van der Waals surface area contributed by atoms with Gasteiger partial charge in [-0.1, -0.05) is 27.7 Å². The lowest BCUT2D eigenvalue weighted by Crippen LogP contribution is -2.35. The first-order chi connectivity index (χ1) is 8.45. The predicted octanol–water partition coefficient (Wildman–Crippen LogP) is 4.05. The molecule has 0 aliphatic rings. The van der Waals surface area contributed by atoms with Crippen LogP contribution >= 0.6 is 15.9 Å². The summed E-state index contributed by atoms with van der Waals surface area (Å²) in [6.45, 7) is 11.3. The van der Waals surface area contributed by atoms with E-state index < -0.39 is 0 Å². The number of nitrogens with one attached hydrogen (secondary N) is 1. The Bertz CT molecular complexity index is 365. The van der Waals surface area contributed by atoms with E-state index in [1.54, 1.807) is 0 Å². The summed E-state index contributed by atoms with van der Waals surface area (Å²) in [4.78, 5) is 4.24. The van der Waals surface area contributed by atoms with Gasteiger partial charge in [-0.05, 0) is 58.3 Å². The van der Waals surface area contributed by atoms with Crippen LogP contribution in [0.3, 0.4) is 0 Å². The van der Waals surface area contributed by atoms with Gasteiger partial charge in [-0.3, -0.25) is 4.98 Å². The van der Waals surface area contributed by atoms with Crippen LogP contribution in [0.4, 0.5) is 0 Å². The Morgan fingerprint density at radius 2 is 2.11 bits per heavy atom. The largest absolute Gasteiger partial charge is 0.316 e. The molecule has 0 aliphatic heterocycles. The van der Waals surface area contributed by atoms with Crippen LogP contribution in [0.25, 0.3) is 0 Å². The maximum Gasteiger partial charge on any atom is 0.0410 e. The average molecular weight is 313 g/mol. The summed E-state index contributed by atoms with van der Waals surface area (Å²) in [5.41, 5.74) is 1.61. The second-order valence-electron chi connectivity index (χ2n) is 5.88. The lowest BCUT2D eigenvalue weighted by Gasteiger charge is -2.29. The summed E-state index contributed by atoms with van der Waals surface area (Å²) in [5, 5.41) is 3.58. The van der Waals surface area contributed by atoms with Gasteiger partial charge in [0, 0.05) is 23.4 Å². The van der Waals surface area contributed by atoms with Crippen LogP contribution in [0, 0.1) is 11.3 Å². The summed E-state index contributed by atoms with van der Waals surface area (Å²) in [7, 11) is 0. The number of aromatic nitrogens is 1. The molecular weight excluding hydrogens is 288 g/mol. The maximum atomic E-state index is 4.24. The fourth-order valence-corrected chi connectivity index (χ4v) is 2.43. The SMILES string of the molecule is CCC(C)(CNCC(C)C)Cc1cncc(Br)c1. The summed E-state index contributed by atoms with van der Waals surface area (Å²) >= 11 is 3.49. The van der Waals surface area contributed by atoms with Gasteiger partial charge < -0.3 is 5.32 Å². The molecule has 0 fully saturated rings. The third-order valence-corrected chi connectivity index (χ3v) is 3.78. The topological polar surface area (TPSA) is 24.9 Å². The number of hydrogen-bond acceptors (Lipinski definition) is 2. The van der Waals surface area contributed by atoms with Gasteiger partial charge in [0.15, 0.2) is 0 Å². The second-order valence-corrected chi connectivity index (χ2v) is 6.79. The number of rotatable bonds is 7. The first kappa shape index (κ1) is 15.6. The minimum atomic E-state index is 0.303. The van der Waals surface area contributed by atoms with Crippen LogP contribution in [-0.2, 0) is 6.42 Å². The van der Waals surface area contributed by atoms with Gasteiger partial charge in [-0.15, -0.1) is 0 Å². The minimum Gasteiger partial charge on any atom is -0.316 e. The highest BCUT2D eigenvalue weighted by Crippen LogP contribution is 2.26. The highest BCUT2D eigenvalue weighted by Gasteiger charge is 2.22. The molecule has 0 radical (unpaired) electrons. The van der Waals surface area contributed by atoms with Gasteiger partial charge in [0.25, 0.3) is 0 Å². The van der Waals surface area contributed by atoms with Gasteiger partial charge in [0.2, 0.25) is 0 Å². The van der Waals surface area contributed by atoms with Crippen molar-refractivity contribution in [2.24, 2.45) is 11.3 Å². The molecule has 0 saturated heterocycles.